The summed E-state index contributed by atoms with van der Waals surface area (Å²) in [7, 11) is 0. The van der Waals surface area contributed by atoms with E-state index >= 15 is 0 Å². The first-order valence-electron chi connectivity index (χ1n) is 9.94. The maximum atomic E-state index is 12.5. The van der Waals surface area contributed by atoms with Crippen LogP contribution in [-0.4, -0.2) is 77.9 Å². The molecule has 2 atom stereocenters. The van der Waals surface area contributed by atoms with Gasteiger partial charge in [0, 0.05) is 24.3 Å². The number of nitrogens with two attached hydrogens (primary N) is 1. The van der Waals surface area contributed by atoms with Gasteiger partial charge in [0.1, 0.15) is 23.6 Å². The van der Waals surface area contributed by atoms with E-state index in [0.29, 0.717) is 11.3 Å². The number of halogens is 1. The molecule has 186 valence electrons. The molecule has 12 nitrogen and oxygen atoms in total. The number of nitrogens with one attached hydrogen (secondary N) is 5. The number of nitrogen functional groups attached to an aromatic ring is 1. The summed E-state index contributed by atoms with van der Waals surface area (Å²) >= 11 is 0. The predicted molar refractivity (Wildman–Crippen MR) is 125 cm³/mol. The number of hydrogen-bond donors (Lipinski definition) is 8. The highest BCUT2D eigenvalue weighted by Gasteiger charge is 2.26. The molecular formula is C20H33ClN6O6. The average Bonchev–Trinajstić information content (AvgIpc) is 2.71. The largest absolute Gasteiger partial charge is 0.444 e. The van der Waals surface area contributed by atoms with Crippen molar-refractivity contribution in [3.63, 3.8) is 0 Å². The number of aliphatic hydroxyl groups is 2. The second-order valence-corrected chi connectivity index (χ2v) is 7.86. The summed E-state index contributed by atoms with van der Waals surface area (Å²) in [5, 5.41) is 36.9. The van der Waals surface area contributed by atoms with Crippen molar-refractivity contribution in [3.05, 3.63) is 29.8 Å². The van der Waals surface area contributed by atoms with E-state index in [2.05, 4.69) is 21.3 Å². The zero-order valence-corrected chi connectivity index (χ0v) is 19.6. The van der Waals surface area contributed by atoms with E-state index in [0.717, 1.165) is 0 Å². The summed E-state index contributed by atoms with van der Waals surface area (Å²) < 4.78 is 5.06. The first-order valence-corrected chi connectivity index (χ1v) is 9.94. The fourth-order valence-corrected chi connectivity index (χ4v) is 2.42. The summed E-state index contributed by atoms with van der Waals surface area (Å²) in [5.41, 5.74) is 5.62. The van der Waals surface area contributed by atoms with Gasteiger partial charge in [-0.25, -0.2) is 4.79 Å². The number of alkyl carbamates (subject to hydrolysis) is 1. The fourth-order valence-electron chi connectivity index (χ4n) is 2.42. The molecule has 0 fully saturated rings. The number of carbonyl (C=O) groups excluding carboxylic acids is 3. The molecule has 2 unspecified atom stereocenters. The zero-order valence-electron chi connectivity index (χ0n) is 18.8. The SMILES string of the molecule is CC(C)(C)OC(=O)NCCNC(=O)CNC(=O)C(Nc1cccc(C(=N)N)c1)C(O)CO.Cl. The van der Waals surface area contributed by atoms with E-state index in [9.17, 15) is 24.6 Å². The second-order valence-electron chi connectivity index (χ2n) is 7.86. The highest BCUT2D eigenvalue weighted by atomic mass is 35.5. The van der Waals surface area contributed by atoms with Crippen molar-refractivity contribution in [2.45, 2.75) is 38.5 Å². The molecule has 0 radical (unpaired) electrons. The lowest BCUT2D eigenvalue weighted by atomic mass is 10.1. The normalized spacial score (nSPS) is 12.4. The van der Waals surface area contributed by atoms with Gasteiger partial charge in [-0.3, -0.25) is 15.0 Å². The van der Waals surface area contributed by atoms with E-state index in [1.54, 1.807) is 39.0 Å². The number of carbonyl (C=O) groups is 3. The van der Waals surface area contributed by atoms with Gasteiger partial charge in [-0.15, -0.1) is 12.4 Å². The van der Waals surface area contributed by atoms with Gasteiger partial charge in [0.25, 0.3) is 0 Å². The number of ether oxygens (including phenoxy) is 1. The van der Waals surface area contributed by atoms with Crippen molar-refractivity contribution in [2.75, 3.05) is 31.6 Å². The molecule has 33 heavy (non-hydrogen) atoms. The average molecular weight is 489 g/mol. The number of aliphatic hydroxyl groups excluding tert-OH is 2. The van der Waals surface area contributed by atoms with Gasteiger partial charge in [-0.2, -0.15) is 0 Å². The Bertz CT molecular complexity index is 816. The predicted octanol–water partition coefficient (Wildman–Crippen LogP) is -0.717. The van der Waals surface area contributed by atoms with Gasteiger partial charge in [-0.05, 0) is 32.9 Å². The molecule has 3 amide bonds. The van der Waals surface area contributed by atoms with Gasteiger partial charge >= 0.3 is 6.09 Å². The van der Waals surface area contributed by atoms with Crippen LogP contribution in [0.5, 0.6) is 0 Å². The highest BCUT2D eigenvalue weighted by Crippen LogP contribution is 2.13. The molecule has 9 N–H and O–H groups in total. The van der Waals surface area contributed by atoms with Crippen molar-refractivity contribution in [1.82, 2.24) is 16.0 Å². The Morgan fingerprint density at radius 1 is 1.15 bits per heavy atom. The van der Waals surface area contributed by atoms with Crippen LogP contribution < -0.4 is 27.0 Å². The summed E-state index contributed by atoms with van der Waals surface area (Å²) in [6, 6.07) is 5.06. The number of amidine groups is 1. The smallest absolute Gasteiger partial charge is 0.407 e. The molecule has 1 rings (SSSR count). The number of hydrogen-bond acceptors (Lipinski definition) is 8. The monoisotopic (exact) mass is 488 g/mol. The minimum absolute atomic E-state index is 0. The Morgan fingerprint density at radius 2 is 1.79 bits per heavy atom. The molecule has 0 spiro atoms. The van der Waals surface area contributed by atoms with Crippen LogP contribution in [0, 0.1) is 5.41 Å². The zero-order chi connectivity index (χ0) is 24.3. The van der Waals surface area contributed by atoms with Crippen molar-refractivity contribution < 1.29 is 29.3 Å². The minimum atomic E-state index is -1.45. The van der Waals surface area contributed by atoms with Gasteiger partial charge in [0.2, 0.25) is 11.8 Å². The van der Waals surface area contributed by atoms with Crippen LogP contribution in [-0.2, 0) is 14.3 Å². The summed E-state index contributed by atoms with van der Waals surface area (Å²) in [5.74, 6) is -1.41. The van der Waals surface area contributed by atoms with Crippen LogP contribution in [0.4, 0.5) is 10.5 Å². The number of rotatable bonds is 11. The van der Waals surface area contributed by atoms with E-state index in [4.69, 9.17) is 15.9 Å². The third kappa shape index (κ3) is 11.9. The number of anilines is 1. The maximum Gasteiger partial charge on any atom is 0.407 e. The van der Waals surface area contributed by atoms with Gasteiger partial charge < -0.3 is 42.0 Å². The Balaban J connectivity index is 0.0000102. The highest BCUT2D eigenvalue weighted by molar-refractivity contribution is 5.96. The molecule has 0 heterocycles. The summed E-state index contributed by atoms with van der Waals surface area (Å²) in [6.45, 7) is 4.36. The van der Waals surface area contributed by atoms with Crippen molar-refractivity contribution in [1.29, 1.82) is 5.41 Å². The fraction of sp³-hybridized carbons (Fsp3) is 0.500. The molecule has 13 heteroatoms. The van der Waals surface area contributed by atoms with Gasteiger partial charge in [-0.1, -0.05) is 12.1 Å². The Kier molecular flexibility index (Phi) is 12.8. The maximum absolute atomic E-state index is 12.5. The van der Waals surface area contributed by atoms with Crippen molar-refractivity contribution in [2.24, 2.45) is 5.73 Å². The Morgan fingerprint density at radius 3 is 2.36 bits per heavy atom. The Hall–Kier alpha value is -3.09. The topological polar surface area (TPSA) is 199 Å². The van der Waals surface area contributed by atoms with Crippen LogP contribution in [0.25, 0.3) is 0 Å². The van der Waals surface area contributed by atoms with Crippen LogP contribution in [0.2, 0.25) is 0 Å². The molecule has 0 bridgehead atoms. The summed E-state index contributed by atoms with van der Waals surface area (Å²) in [4.78, 5) is 35.9. The lowest BCUT2D eigenvalue weighted by Gasteiger charge is -2.23. The lowest BCUT2D eigenvalue weighted by molar-refractivity contribution is -0.128. The lowest BCUT2D eigenvalue weighted by Crippen LogP contribution is -2.51. The third-order valence-electron chi connectivity index (χ3n) is 3.89. The van der Waals surface area contributed by atoms with Gasteiger partial charge in [0.05, 0.1) is 13.2 Å². The quantitative estimate of drug-likeness (QED) is 0.113. The second kappa shape index (κ2) is 14.1. The first kappa shape index (κ1) is 29.9. The molecule has 0 aliphatic carbocycles. The van der Waals surface area contributed by atoms with E-state index in [1.807, 2.05) is 0 Å². The molecule has 0 aromatic heterocycles. The molecular weight excluding hydrogens is 456 g/mol. The van der Waals surface area contributed by atoms with Crippen molar-refractivity contribution >= 4 is 41.8 Å². The van der Waals surface area contributed by atoms with Crippen LogP contribution in [0.1, 0.15) is 26.3 Å². The van der Waals surface area contributed by atoms with E-state index in [-0.39, 0.29) is 37.9 Å². The van der Waals surface area contributed by atoms with Gasteiger partial charge in [0.15, 0.2) is 0 Å². The molecule has 0 aliphatic heterocycles. The van der Waals surface area contributed by atoms with Crippen LogP contribution in [0.3, 0.4) is 0 Å². The van der Waals surface area contributed by atoms with Crippen LogP contribution >= 0.6 is 12.4 Å². The number of amides is 3. The Labute approximate surface area is 198 Å². The minimum Gasteiger partial charge on any atom is -0.444 e. The molecule has 1 aromatic rings. The summed E-state index contributed by atoms with van der Waals surface area (Å²) in [6.07, 6.45) is -2.06. The molecule has 0 saturated heterocycles. The first-order chi connectivity index (χ1) is 14.9. The van der Waals surface area contributed by atoms with E-state index in [1.165, 1.54) is 6.07 Å². The van der Waals surface area contributed by atoms with Crippen molar-refractivity contribution in [3.8, 4) is 0 Å². The third-order valence-corrected chi connectivity index (χ3v) is 3.89. The van der Waals surface area contributed by atoms with Crippen LogP contribution in [0.15, 0.2) is 24.3 Å². The number of benzene rings is 1. The van der Waals surface area contributed by atoms with E-state index < -0.39 is 42.3 Å². The molecule has 0 saturated carbocycles. The molecule has 0 aliphatic rings. The molecule has 1 aromatic carbocycles. The standard InChI is InChI=1S/C20H32N6O6.ClH/c1-20(2,3)32-19(31)24-8-7-23-15(29)10-25-18(30)16(14(28)11-27)26-13-6-4-5-12(9-13)17(21)22;/h4-6,9,14,16,26-28H,7-8,10-11H2,1-3H3,(H3,21,22)(H,23,29)(H,24,31)(H,25,30);1H.